The number of carbonyl (C=O) groups is 1. The summed E-state index contributed by atoms with van der Waals surface area (Å²) in [5.74, 6) is 0.163. The van der Waals surface area contributed by atoms with E-state index in [0.717, 1.165) is 13.0 Å². The summed E-state index contributed by atoms with van der Waals surface area (Å²) >= 11 is 1.66. The second-order valence-corrected chi connectivity index (χ2v) is 6.82. The topological polar surface area (TPSA) is 43.8 Å². The van der Waals surface area contributed by atoms with Gasteiger partial charge in [0.25, 0.3) is 0 Å². The third-order valence-corrected chi connectivity index (χ3v) is 5.12. The van der Waals surface area contributed by atoms with Gasteiger partial charge < -0.3 is 14.9 Å². The molecule has 21 heavy (non-hydrogen) atoms. The van der Waals surface area contributed by atoms with Gasteiger partial charge in [-0.05, 0) is 44.3 Å². The summed E-state index contributed by atoms with van der Waals surface area (Å²) in [4.78, 5) is 17.8. The first-order valence-electron chi connectivity index (χ1n) is 7.82. The molecule has 1 aliphatic rings. The first-order valence-corrected chi connectivity index (χ1v) is 8.70. The second-order valence-electron chi connectivity index (χ2n) is 5.79. The molecule has 2 heterocycles. The summed E-state index contributed by atoms with van der Waals surface area (Å²) in [6.45, 7) is 2.23. The Morgan fingerprint density at radius 3 is 3.05 bits per heavy atom. The normalized spacial score (nSPS) is 19.6. The SMILES string of the molecule is CN1CCCCC1CCC(=O)N(CCO)Cc1cccs1. The van der Waals surface area contributed by atoms with Crippen molar-refractivity contribution in [3.63, 3.8) is 0 Å². The van der Waals surface area contributed by atoms with Crippen molar-refractivity contribution >= 4 is 17.2 Å². The predicted octanol–water partition coefficient (Wildman–Crippen LogP) is 2.33. The monoisotopic (exact) mass is 310 g/mol. The zero-order valence-electron chi connectivity index (χ0n) is 12.8. The highest BCUT2D eigenvalue weighted by atomic mass is 32.1. The molecule has 0 radical (unpaired) electrons. The summed E-state index contributed by atoms with van der Waals surface area (Å²) in [6, 6.07) is 4.58. The van der Waals surface area contributed by atoms with Crippen LogP contribution in [-0.2, 0) is 11.3 Å². The van der Waals surface area contributed by atoms with Crippen LogP contribution in [0.5, 0.6) is 0 Å². The molecule has 1 unspecified atom stereocenters. The van der Waals surface area contributed by atoms with E-state index in [-0.39, 0.29) is 12.5 Å². The lowest BCUT2D eigenvalue weighted by molar-refractivity contribution is -0.132. The molecule has 1 N–H and O–H groups in total. The van der Waals surface area contributed by atoms with Crippen LogP contribution >= 0.6 is 11.3 Å². The van der Waals surface area contributed by atoms with Crippen molar-refractivity contribution in [2.45, 2.75) is 44.7 Å². The fourth-order valence-electron chi connectivity index (χ4n) is 2.96. The Morgan fingerprint density at radius 2 is 2.38 bits per heavy atom. The molecule has 1 fully saturated rings. The molecule has 1 saturated heterocycles. The Bertz CT molecular complexity index is 422. The molecule has 4 nitrogen and oxygen atoms in total. The van der Waals surface area contributed by atoms with Gasteiger partial charge in [-0.2, -0.15) is 0 Å². The van der Waals surface area contributed by atoms with Gasteiger partial charge in [0.2, 0.25) is 5.91 Å². The maximum atomic E-state index is 12.4. The summed E-state index contributed by atoms with van der Waals surface area (Å²) in [6.07, 6.45) is 5.27. The number of aliphatic hydroxyl groups is 1. The van der Waals surface area contributed by atoms with Crippen LogP contribution in [0.1, 0.15) is 37.0 Å². The van der Waals surface area contributed by atoms with Gasteiger partial charge >= 0.3 is 0 Å². The van der Waals surface area contributed by atoms with E-state index in [1.807, 2.05) is 17.5 Å². The van der Waals surface area contributed by atoms with Crippen molar-refractivity contribution in [1.82, 2.24) is 9.80 Å². The predicted molar refractivity (Wildman–Crippen MR) is 86.3 cm³/mol. The van der Waals surface area contributed by atoms with Crippen LogP contribution in [0, 0.1) is 0 Å². The minimum atomic E-state index is 0.0282. The minimum Gasteiger partial charge on any atom is -0.395 e. The Hall–Kier alpha value is -0.910. The van der Waals surface area contributed by atoms with Crippen molar-refractivity contribution in [3.05, 3.63) is 22.4 Å². The Kier molecular flexibility index (Phi) is 6.67. The van der Waals surface area contributed by atoms with E-state index < -0.39 is 0 Å². The van der Waals surface area contributed by atoms with Crippen LogP contribution < -0.4 is 0 Å². The molecule has 1 atom stereocenters. The molecule has 1 amide bonds. The van der Waals surface area contributed by atoms with Crippen molar-refractivity contribution in [2.75, 3.05) is 26.7 Å². The van der Waals surface area contributed by atoms with Gasteiger partial charge in [-0.25, -0.2) is 0 Å². The molecular formula is C16H26N2O2S. The van der Waals surface area contributed by atoms with Crippen LogP contribution in [0.15, 0.2) is 17.5 Å². The zero-order valence-corrected chi connectivity index (χ0v) is 13.6. The molecule has 1 aromatic rings. The van der Waals surface area contributed by atoms with Gasteiger partial charge in [0.05, 0.1) is 13.2 Å². The molecule has 0 aromatic carbocycles. The van der Waals surface area contributed by atoms with E-state index in [1.54, 1.807) is 16.2 Å². The molecule has 0 spiro atoms. The molecule has 0 bridgehead atoms. The first kappa shape index (κ1) is 16.5. The van der Waals surface area contributed by atoms with Crippen LogP contribution in [0.4, 0.5) is 0 Å². The molecule has 2 rings (SSSR count). The number of hydrogen-bond donors (Lipinski definition) is 1. The van der Waals surface area contributed by atoms with E-state index in [0.29, 0.717) is 25.6 Å². The Balaban J connectivity index is 1.83. The summed E-state index contributed by atoms with van der Waals surface area (Å²) < 4.78 is 0. The maximum Gasteiger partial charge on any atom is 0.223 e. The molecule has 0 aliphatic carbocycles. The number of likely N-dealkylation sites (tertiary alicyclic amines) is 1. The van der Waals surface area contributed by atoms with Gasteiger partial charge in [0.15, 0.2) is 0 Å². The fourth-order valence-corrected chi connectivity index (χ4v) is 3.68. The first-order chi connectivity index (χ1) is 10.2. The molecule has 0 saturated carbocycles. The van der Waals surface area contributed by atoms with Crippen LogP contribution in [-0.4, -0.2) is 53.6 Å². The summed E-state index contributed by atoms with van der Waals surface area (Å²) in [5.41, 5.74) is 0. The molecule has 1 aliphatic heterocycles. The van der Waals surface area contributed by atoms with E-state index in [2.05, 4.69) is 11.9 Å². The fraction of sp³-hybridized carbons (Fsp3) is 0.688. The van der Waals surface area contributed by atoms with Crippen LogP contribution in [0.25, 0.3) is 0 Å². The second kappa shape index (κ2) is 8.51. The summed E-state index contributed by atoms with van der Waals surface area (Å²) in [5, 5.41) is 11.2. The number of amides is 1. The highest BCUT2D eigenvalue weighted by molar-refractivity contribution is 7.09. The number of carbonyl (C=O) groups excluding carboxylic acids is 1. The van der Waals surface area contributed by atoms with Crippen molar-refractivity contribution in [3.8, 4) is 0 Å². The highest BCUT2D eigenvalue weighted by Crippen LogP contribution is 2.20. The van der Waals surface area contributed by atoms with E-state index in [9.17, 15) is 9.90 Å². The Morgan fingerprint density at radius 1 is 1.52 bits per heavy atom. The Labute approximate surface area is 131 Å². The molecule has 1 aromatic heterocycles. The zero-order chi connectivity index (χ0) is 15.1. The van der Waals surface area contributed by atoms with Gasteiger partial charge in [0, 0.05) is 23.9 Å². The number of thiophene rings is 1. The van der Waals surface area contributed by atoms with Crippen LogP contribution in [0.3, 0.4) is 0 Å². The lowest BCUT2D eigenvalue weighted by atomic mass is 9.98. The van der Waals surface area contributed by atoms with Gasteiger partial charge in [-0.1, -0.05) is 12.5 Å². The van der Waals surface area contributed by atoms with E-state index >= 15 is 0 Å². The number of piperidine rings is 1. The largest absolute Gasteiger partial charge is 0.395 e. The molecule has 118 valence electrons. The van der Waals surface area contributed by atoms with Gasteiger partial charge in [0.1, 0.15) is 0 Å². The van der Waals surface area contributed by atoms with Crippen molar-refractivity contribution in [2.24, 2.45) is 0 Å². The number of nitrogens with zero attached hydrogens (tertiary/aromatic N) is 2. The lowest BCUT2D eigenvalue weighted by Crippen LogP contribution is -2.38. The van der Waals surface area contributed by atoms with E-state index in [4.69, 9.17) is 0 Å². The summed E-state index contributed by atoms with van der Waals surface area (Å²) in [7, 11) is 2.16. The van der Waals surface area contributed by atoms with Gasteiger partial charge in [-0.15, -0.1) is 11.3 Å². The van der Waals surface area contributed by atoms with E-state index in [1.165, 1.54) is 24.1 Å². The average molecular weight is 310 g/mol. The van der Waals surface area contributed by atoms with Crippen molar-refractivity contribution < 1.29 is 9.90 Å². The number of hydrogen-bond acceptors (Lipinski definition) is 4. The minimum absolute atomic E-state index is 0.0282. The van der Waals surface area contributed by atoms with Crippen molar-refractivity contribution in [1.29, 1.82) is 0 Å². The third kappa shape index (κ3) is 5.09. The number of aliphatic hydroxyl groups excluding tert-OH is 1. The lowest BCUT2D eigenvalue weighted by Gasteiger charge is -2.33. The van der Waals surface area contributed by atoms with Gasteiger partial charge in [-0.3, -0.25) is 4.79 Å². The maximum absolute atomic E-state index is 12.4. The highest BCUT2D eigenvalue weighted by Gasteiger charge is 2.21. The number of rotatable bonds is 7. The average Bonchev–Trinajstić information content (AvgIpc) is 2.99. The molecule has 5 heteroatoms. The smallest absolute Gasteiger partial charge is 0.223 e. The molecular weight excluding hydrogens is 284 g/mol. The van der Waals surface area contributed by atoms with Crippen LogP contribution in [0.2, 0.25) is 0 Å². The standard InChI is InChI=1S/C16H26N2O2S/c1-17-9-3-2-5-14(17)7-8-16(20)18(10-11-19)13-15-6-4-12-21-15/h4,6,12,14,19H,2-3,5,7-11,13H2,1H3. The quantitative estimate of drug-likeness (QED) is 0.840. The third-order valence-electron chi connectivity index (χ3n) is 4.26.